The zero-order valence-electron chi connectivity index (χ0n) is 44.7. The molecule has 0 saturated heterocycles. The maximum absolute atomic E-state index is 7.25. The third kappa shape index (κ3) is 8.21. The van der Waals surface area contributed by atoms with Gasteiger partial charge in [-0.1, -0.05) is 127 Å². The van der Waals surface area contributed by atoms with E-state index >= 15 is 0 Å². The first kappa shape index (κ1) is 60.1. The van der Waals surface area contributed by atoms with Crippen molar-refractivity contribution in [1.29, 1.82) is 0 Å². The van der Waals surface area contributed by atoms with Crippen molar-refractivity contribution in [2.75, 3.05) is 0 Å². The number of aromatic nitrogens is 2. The summed E-state index contributed by atoms with van der Waals surface area (Å²) < 4.78 is 2.18. The van der Waals surface area contributed by atoms with Crippen LogP contribution in [0.5, 0.6) is 0 Å². The molecule has 0 aliphatic heterocycles. The van der Waals surface area contributed by atoms with Gasteiger partial charge in [-0.2, -0.15) is 0 Å². The highest BCUT2D eigenvalue weighted by Crippen LogP contribution is 2.40. The maximum Gasteiger partial charge on any atom is 0.116 e. The predicted octanol–water partition coefficient (Wildman–Crippen LogP) is -16.7. The summed E-state index contributed by atoms with van der Waals surface area (Å²) in [5.41, 5.74) is 2.91. The predicted molar refractivity (Wildman–Crippen MR) is 395 cm³/mol. The number of rotatable bonds is 5. The van der Waals surface area contributed by atoms with Crippen LogP contribution in [0.3, 0.4) is 0 Å². The van der Waals surface area contributed by atoms with E-state index in [1.807, 2.05) is 12.1 Å². The van der Waals surface area contributed by atoms with Gasteiger partial charge in [-0.25, -0.2) is 9.97 Å². The Labute approximate surface area is 536 Å². The molecule has 0 fully saturated rings. The van der Waals surface area contributed by atoms with Crippen LogP contribution in [0.4, 0.5) is 0 Å². The highest BCUT2D eigenvalue weighted by molar-refractivity contribution is 7.28. The molecule has 85 heavy (non-hydrogen) atoms. The van der Waals surface area contributed by atoms with E-state index < -0.39 is 0 Å². The van der Waals surface area contributed by atoms with Crippen LogP contribution >= 0.6 is 22.7 Å². The van der Waals surface area contributed by atoms with Crippen molar-refractivity contribution in [3.63, 3.8) is 0 Å². The lowest BCUT2D eigenvalue weighted by Crippen LogP contribution is -2.53. The lowest BCUT2D eigenvalue weighted by Gasteiger charge is -2.30. The molecule has 0 amide bonds. The molecule has 9 aromatic carbocycles. The van der Waals surface area contributed by atoms with Crippen molar-refractivity contribution < 1.29 is 0 Å². The van der Waals surface area contributed by atoms with Crippen LogP contribution < -0.4 is 147 Å². The molecule has 0 bridgehead atoms. The van der Waals surface area contributed by atoms with Crippen LogP contribution in [0.25, 0.3) is 118 Å². The smallest absolute Gasteiger partial charge is 0.116 e. The molecule has 31 heteroatoms. The summed E-state index contributed by atoms with van der Waals surface area (Å²) in [7, 11) is 182. The number of benzene rings is 9. The second-order valence-electron chi connectivity index (χ2n) is 20.6. The molecular formula is C54H5B27N2S2. The summed E-state index contributed by atoms with van der Waals surface area (Å²) in [6, 6.07) is 6.93. The van der Waals surface area contributed by atoms with Crippen LogP contribution in [-0.2, 0) is 0 Å². The van der Waals surface area contributed by atoms with E-state index in [-0.39, 0.29) is 214 Å². The highest BCUT2D eigenvalue weighted by atomic mass is 32.1. The second-order valence-corrected chi connectivity index (χ2v) is 22.7. The van der Waals surface area contributed by atoms with E-state index in [1.54, 1.807) is 6.07 Å². The molecule has 54 radical (unpaired) electrons. The average molecular weight is 1040 g/mol. The standard InChI is InChI=1S/C54H5B27N2S2/c55-8-4-9(56)13(21-39(71)44(76)40(72)22-23-41(73)47(79)48(80)49(81)53(23)85-52(21)22)26(58)12(8)14-29(61)24(42(74)43(75)36(14)68)51-54-50(82-5-83-51)7-3-6(1-2-10(7)84-54)11-25(57)15-16(31(63)30(11)62)27(59)17(33(65)32(15)64)18-28(60)19-20(35(67)34(18)66)38(70)46(78)45(77)37(19)69/h1-5H. The number of nitrogens with zero attached hydrogens (tertiary/aromatic N) is 2. The molecule has 12 aromatic rings. The third-order valence-corrected chi connectivity index (χ3v) is 18.7. The van der Waals surface area contributed by atoms with E-state index in [1.165, 1.54) is 35.1 Å². The van der Waals surface area contributed by atoms with E-state index in [0.29, 0.717) is 46.9 Å². The number of hydrogen-bond acceptors (Lipinski definition) is 4. The lowest BCUT2D eigenvalue weighted by molar-refractivity contribution is 1.24. The number of hydrogen-bond donors (Lipinski definition) is 0. The third-order valence-electron chi connectivity index (χ3n) is 16.3. The quantitative estimate of drug-likeness (QED) is 0.161. The van der Waals surface area contributed by atoms with Gasteiger partial charge in [-0.05, 0) is 94.5 Å². The van der Waals surface area contributed by atoms with Crippen LogP contribution in [0, 0.1) is 0 Å². The molecule has 0 aliphatic carbocycles. The van der Waals surface area contributed by atoms with Crippen molar-refractivity contribution in [2.45, 2.75) is 0 Å². The number of fused-ring (bicyclic) bond motifs is 8. The van der Waals surface area contributed by atoms with Crippen molar-refractivity contribution in [3.8, 4) is 55.8 Å². The van der Waals surface area contributed by atoms with Crippen molar-refractivity contribution in [2.24, 2.45) is 0 Å². The van der Waals surface area contributed by atoms with Gasteiger partial charge >= 0.3 is 0 Å². The second kappa shape index (κ2) is 21.0. The van der Waals surface area contributed by atoms with Crippen molar-refractivity contribution >= 4 is 444 Å². The average Bonchev–Trinajstić information content (AvgIpc) is 1.81. The first-order valence-corrected chi connectivity index (χ1v) is 26.8. The van der Waals surface area contributed by atoms with Gasteiger partial charge in [-0.15, -0.1) is 55.5 Å². The molecule has 3 heterocycles. The summed E-state index contributed by atoms with van der Waals surface area (Å²) in [4.78, 5) is 9.47. The largest absolute Gasteiger partial charge is 0.235 e. The van der Waals surface area contributed by atoms with Gasteiger partial charge in [0.25, 0.3) is 0 Å². The molecule has 0 saturated carbocycles. The Bertz CT molecular complexity index is 5170. The minimum Gasteiger partial charge on any atom is -0.235 e. The molecule has 0 spiro atoms. The van der Waals surface area contributed by atoms with Crippen LogP contribution in [0.2, 0.25) is 0 Å². The molecular weight excluding hydrogens is 1030 g/mol. The molecule has 0 unspecified atom stereocenters. The highest BCUT2D eigenvalue weighted by Gasteiger charge is 2.29. The van der Waals surface area contributed by atoms with E-state index in [2.05, 4.69) is 0 Å². The fourth-order valence-corrected chi connectivity index (χ4v) is 14.4. The van der Waals surface area contributed by atoms with Crippen LogP contribution in [0.15, 0.2) is 30.6 Å². The number of thiophene rings is 2. The van der Waals surface area contributed by atoms with E-state index in [4.69, 9.17) is 222 Å². The summed E-state index contributed by atoms with van der Waals surface area (Å²) in [5, 5.41) is 2.11. The summed E-state index contributed by atoms with van der Waals surface area (Å²) >= 11 is 2.50. The van der Waals surface area contributed by atoms with E-state index in [0.717, 1.165) is 4.70 Å². The van der Waals surface area contributed by atoms with Gasteiger partial charge in [0.2, 0.25) is 0 Å². The zero-order valence-corrected chi connectivity index (χ0v) is 46.3. The van der Waals surface area contributed by atoms with Gasteiger partial charge in [0, 0.05) is 19.5 Å². The zero-order chi connectivity index (χ0) is 61.7. The summed E-state index contributed by atoms with van der Waals surface area (Å²) in [6.07, 6.45) is 1.34. The Morgan fingerprint density at radius 2 is 0.612 bits per heavy atom. The SMILES string of the molecule is [B]c1cc([B])c(-c2c([B])c([B])c([B])c3c2sc2c([B])c([B])c([B])c([B])c23)c([B])c1-c1c([B])c([B])c([B])c(-c2ncnc3c2sc2ccc(-c4c([B])c([B])c5c([B])c(-c6c([B])c([B])c7c([B])c([B])c([B])c([B])c7c6[B])c([B])c([B])c5c4[B])cc23)c1[B]. The molecule has 0 aliphatic rings. The Morgan fingerprint density at radius 1 is 0.247 bits per heavy atom. The van der Waals surface area contributed by atoms with Gasteiger partial charge in [0.05, 0.1) is 15.9 Å². The van der Waals surface area contributed by atoms with E-state index in [9.17, 15) is 0 Å². The van der Waals surface area contributed by atoms with Crippen molar-refractivity contribution in [3.05, 3.63) is 30.6 Å². The molecule has 0 atom stereocenters. The van der Waals surface area contributed by atoms with Gasteiger partial charge in [0.1, 0.15) is 218 Å². The molecule has 324 valence electrons. The normalized spacial score (nSPS) is 11.9. The Kier molecular flexibility index (Phi) is 14.8. The maximum atomic E-state index is 7.25. The Balaban J connectivity index is 1.03. The summed E-state index contributed by atoms with van der Waals surface area (Å²) in [6.45, 7) is 0. The van der Waals surface area contributed by atoms with Crippen LogP contribution in [0.1, 0.15) is 0 Å². The first-order chi connectivity index (χ1) is 40.0. The Morgan fingerprint density at radius 3 is 1.15 bits per heavy atom. The molecule has 0 N–H and O–H groups in total. The first-order valence-electron chi connectivity index (χ1n) is 25.1. The molecule has 3 aromatic heterocycles. The van der Waals surface area contributed by atoms with Gasteiger partial charge in [0.15, 0.2) is 0 Å². The van der Waals surface area contributed by atoms with Crippen molar-refractivity contribution in [1.82, 2.24) is 9.97 Å². The van der Waals surface area contributed by atoms with Gasteiger partial charge < -0.3 is 0 Å². The van der Waals surface area contributed by atoms with Gasteiger partial charge in [-0.3, -0.25) is 0 Å². The Hall–Kier alpha value is -5.23. The lowest BCUT2D eigenvalue weighted by atomic mass is 9.56. The van der Waals surface area contributed by atoms with Crippen LogP contribution in [-0.4, -0.2) is 222 Å². The topological polar surface area (TPSA) is 25.8 Å². The fourth-order valence-electron chi connectivity index (χ4n) is 11.9. The minimum atomic E-state index is -0.0745. The molecule has 12 rings (SSSR count). The summed E-state index contributed by atoms with van der Waals surface area (Å²) in [5.74, 6) is 0. The fraction of sp³-hybridized carbons (Fsp3) is 0. The monoisotopic (exact) mass is 1040 g/mol. The minimum absolute atomic E-state index is 0.00258. The molecule has 2 nitrogen and oxygen atoms in total.